The minimum absolute atomic E-state index is 0.599. The van der Waals surface area contributed by atoms with Crippen molar-refractivity contribution in [3.05, 3.63) is 301 Å². The Morgan fingerprint density at radius 1 is 0.239 bits per heavy atom. The Kier molecular flexibility index (Phi) is 9.47. The van der Waals surface area contributed by atoms with Crippen molar-refractivity contribution in [1.29, 1.82) is 0 Å². The second-order valence-electron chi connectivity index (χ2n) is 18.8. The Labute approximate surface area is 414 Å². The van der Waals surface area contributed by atoms with Crippen LogP contribution in [-0.4, -0.2) is 0 Å². The van der Waals surface area contributed by atoms with Gasteiger partial charge in [-0.3, -0.25) is 0 Å². The smallest absolute Gasteiger partial charge is 0.0726 e. The summed E-state index contributed by atoms with van der Waals surface area (Å²) in [6.07, 6.45) is 0. The number of anilines is 6. The molecule has 0 aliphatic heterocycles. The van der Waals surface area contributed by atoms with Crippen LogP contribution in [0.25, 0.3) is 66.1 Å². The molecule has 0 unspecified atom stereocenters. The molecule has 0 amide bonds. The third-order valence-corrected chi connectivity index (χ3v) is 15.0. The lowest BCUT2D eigenvalue weighted by Gasteiger charge is -2.33. The van der Waals surface area contributed by atoms with Gasteiger partial charge in [0, 0.05) is 33.8 Å². The lowest BCUT2D eigenvalue weighted by Crippen LogP contribution is -2.26. The molecule has 0 fully saturated rings. The molecule has 0 radical (unpaired) electrons. The fourth-order valence-corrected chi connectivity index (χ4v) is 12.0. The first-order valence-electron chi connectivity index (χ1n) is 24.6. The summed E-state index contributed by atoms with van der Waals surface area (Å²) in [6, 6.07) is 103. The van der Waals surface area contributed by atoms with E-state index in [1.807, 2.05) is 0 Å². The van der Waals surface area contributed by atoms with Crippen LogP contribution in [0.3, 0.4) is 0 Å². The number of hydrogen-bond acceptors (Lipinski definition) is 2. The topological polar surface area (TPSA) is 6.48 Å². The summed E-state index contributed by atoms with van der Waals surface area (Å²) < 4.78 is 0. The first-order valence-corrected chi connectivity index (χ1v) is 24.6. The second-order valence-corrected chi connectivity index (χ2v) is 18.8. The van der Waals surface area contributed by atoms with Crippen molar-refractivity contribution in [2.24, 2.45) is 0 Å². The molecule has 2 heteroatoms. The Balaban J connectivity index is 1.03. The van der Waals surface area contributed by atoms with Gasteiger partial charge in [-0.05, 0) is 162 Å². The van der Waals surface area contributed by atoms with Gasteiger partial charge >= 0.3 is 0 Å². The molecule has 0 heterocycles. The zero-order chi connectivity index (χ0) is 46.9. The van der Waals surface area contributed by atoms with Crippen LogP contribution in [0.1, 0.15) is 22.3 Å². The maximum absolute atomic E-state index is 2.55. The highest BCUT2D eigenvalue weighted by atomic mass is 15.1. The predicted molar refractivity (Wildman–Crippen MR) is 298 cm³/mol. The van der Waals surface area contributed by atoms with Crippen molar-refractivity contribution < 1.29 is 0 Å². The number of rotatable bonds is 8. The van der Waals surface area contributed by atoms with E-state index >= 15 is 0 Å². The molecule has 0 aromatic heterocycles. The van der Waals surface area contributed by atoms with Crippen molar-refractivity contribution in [1.82, 2.24) is 0 Å². The van der Waals surface area contributed by atoms with Gasteiger partial charge in [0.2, 0.25) is 0 Å². The van der Waals surface area contributed by atoms with Crippen LogP contribution < -0.4 is 9.80 Å². The molecule has 71 heavy (non-hydrogen) atoms. The van der Waals surface area contributed by atoms with E-state index in [9.17, 15) is 0 Å². The van der Waals surface area contributed by atoms with Crippen LogP contribution in [0, 0.1) is 0 Å². The van der Waals surface area contributed by atoms with Crippen LogP contribution in [0.2, 0.25) is 0 Å². The Morgan fingerprint density at radius 3 is 1.31 bits per heavy atom. The van der Waals surface area contributed by atoms with Crippen molar-refractivity contribution >= 4 is 55.7 Å². The minimum atomic E-state index is -0.599. The van der Waals surface area contributed by atoms with Gasteiger partial charge in [0.25, 0.3) is 0 Å². The van der Waals surface area contributed by atoms with Crippen LogP contribution in [0.5, 0.6) is 0 Å². The maximum Gasteiger partial charge on any atom is 0.0726 e. The highest BCUT2D eigenvalue weighted by molar-refractivity contribution is 6.13. The van der Waals surface area contributed by atoms with Crippen molar-refractivity contribution in [3.8, 4) is 44.5 Å². The molecule has 12 aromatic carbocycles. The zero-order valence-corrected chi connectivity index (χ0v) is 39.0. The Bertz CT molecular complexity index is 3950. The van der Waals surface area contributed by atoms with Crippen molar-refractivity contribution in [2.45, 2.75) is 5.41 Å². The molecule has 1 spiro atoms. The van der Waals surface area contributed by atoms with Crippen molar-refractivity contribution in [2.75, 3.05) is 9.80 Å². The van der Waals surface area contributed by atoms with Crippen LogP contribution in [-0.2, 0) is 5.41 Å². The van der Waals surface area contributed by atoms with Gasteiger partial charge in [-0.15, -0.1) is 0 Å². The van der Waals surface area contributed by atoms with Crippen LogP contribution in [0.4, 0.5) is 34.1 Å². The molecule has 2 aliphatic carbocycles. The predicted octanol–water partition coefficient (Wildman–Crippen LogP) is 18.6. The number of para-hydroxylation sites is 2. The van der Waals surface area contributed by atoms with Crippen molar-refractivity contribution in [3.63, 3.8) is 0 Å². The summed E-state index contributed by atoms with van der Waals surface area (Å²) in [6.45, 7) is 0. The summed E-state index contributed by atoms with van der Waals surface area (Å²) in [7, 11) is 0. The standard InChI is InChI=1S/C69H46N2/c1-5-21-47(22-6-1)49-25-19-31-55(41-49)70(53-27-9-3-10-28-53)57-40-39-51-44-62-65(45-52(51)43-57)69(63-37-17-15-33-58(63)59-34-16-18-38-64(59)69)66-46-67(60-35-13-14-36-61(60)68(62)66)71(54-29-11-4-12-30-54)56-32-20-26-50(42-56)48-23-7-2-8-24-48/h1-46H. The van der Waals surface area contributed by atoms with Gasteiger partial charge in [-0.1, -0.05) is 200 Å². The van der Waals surface area contributed by atoms with Gasteiger partial charge in [0.05, 0.1) is 11.1 Å². The quantitative estimate of drug-likeness (QED) is 0.150. The van der Waals surface area contributed by atoms with Gasteiger partial charge in [-0.25, -0.2) is 0 Å². The SMILES string of the molecule is c1ccc(-c2cccc(N(c3ccccc3)c3ccc4cc5c(cc4c3)C3(c4ccccc4-c4ccccc43)c3cc(N(c4ccccc4)c4cccc(-c6ccccc6)c4)c4ccccc4c3-5)c2)cc1. The van der Waals surface area contributed by atoms with Gasteiger partial charge in [0.15, 0.2) is 0 Å². The fraction of sp³-hybridized carbons (Fsp3) is 0.0145. The molecule has 0 saturated heterocycles. The van der Waals surface area contributed by atoms with Crippen LogP contribution in [0.15, 0.2) is 279 Å². The summed E-state index contributed by atoms with van der Waals surface area (Å²) >= 11 is 0. The van der Waals surface area contributed by atoms with E-state index in [1.54, 1.807) is 0 Å². The number of hydrogen-bond donors (Lipinski definition) is 0. The fourth-order valence-electron chi connectivity index (χ4n) is 12.0. The lowest BCUT2D eigenvalue weighted by atomic mass is 9.70. The molecule has 0 saturated carbocycles. The molecule has 332 valence electrons. The third-order valence-electron chi connectivity index (χ3n) is 15.0. The van der Waals surface area contributed by atoms with E-state index in [1.165, 1.54) is 88.3 Å². The molecular weight excluding hydrogens is 857 g/mol. The first-order chi connectivity index (χ1) is 35.2. The Hall–Kier alpha value is -9.24. The van der Waals surface area contributed by atoms with E-state index in [-0.39, 0.29) is 0 Å². The molecule has 0 atom stereocenters. The molecule has 2 aliphatic rings. The molecule has 0 bridgehead atoms. The third kappa shape index (κ3) is 6.42. The van der Waals surface area contributed by atoms with Gasteiger partial charge in [0.1, 0.15) is 0 Å². The minimum Gasteiger partial charge on any atom is -0.310 e. The molecule has 12 aromatic rings. The van der Waals surface area contributed by atoms with E-state index < -0.39 is 5.41 Å². The zero-order valence-electron chi connectivity index (χ0n) is 39.0. The molecular formula is C69H46N2. The summed E-state index contributed by atoms with van der Waals surface area (Å²) in [5, 5.41) is 4.85. The number of benzene rings is 12. The average molecular weight is 903 g/mol. The number of nitrogens with zero attached hydrogens (tertiary/aromatic N) is 2. The number of fused-ring (bicyclic) bond motifs is 13. The monoisotopic (exact) mass is 902 g/mol. The van der Waals surface area contributed by atoms with Gasteiger partial charge in [-0.2, -0.15) is 0 Å². The molecule has 2 nitrogen and oxygen atoms in total. The van der Waals surface area contributed by atoms with E-state index in [0.717, 1.165) is 34.1 Å². The molecule has 14 rings (SSSR count). The first kappa shape index (κ1) is 40.8. The normalized spacial score (nSPS) is 12.6. The molecule has 0 N–H and O–H groups in total. The highest BCUT2D eigenvalue weighted by Gasteiger charge is 2.52. The van der Waals surface area contributed by atoms with E-state index in [0.29, 0.717) is 0 Å². The largest absolute Gasteiger partial charge is 0.310 e. The Morgan fingerprint density at radius 2 is 0.704 bits per heavy atom. The summed E-state index contributed by atoms with van der Waals surface area (Å²) in [5.74, 6) is 0. The average Bonchev–Trinajstić information content (AvgIpc) is 3.91. The lowest BCUT2D eigenvalue weighted by molar-refractivity contribution is 0.795. The van der Waals surface area contributed by atoms with Gasteiger partial charge < -0.3 is 9.80 Å². The summed E-state index contributed by atoms with van der Waals surface area (Å²) in [4.78, 5) is 4.88. The maximum atomic E-state index is 2.55. The van der Waals surface area contributed by atoms with E-state index in [2.05, 4.69) is 289 Å². The van der Waals surface area contributed by atoms with E-state index in [4.69, 9.17) is 0 Å². The highest BCUT2D eigenvalue weighted by Crippen LogP contribution is 2.65. The summed E-state index contributed by atoms with van der Waals surface area (Å²) in [5.41, 5.74) is 21.2. The van der Waals surface area contributed by atoms with Crippen LogP contribution >= 0.6 is 0 Å². The second kappa shape index (κ2) is 16.5.